The van der Waals surface area contributed by atoms with Gasteiger partial charge in [0.15, 0.2) is 5.75 Å². The summed E-state index contributed by atoms with van der Waals surface area (Å²) in [7, 11) is 0. The predicted molar refractivity (Wildman–Crippen MR) is 66.5 cm³/mol. The van der Waals surface area contributed by atoms with E-state index in [9.17, 15) is 10.1 Å². The smallest absolute Gasteiger partial charge is 0.311 e. The van der Waals surface area contributed by atoms with E-state index < -0.39 is 4.92 Å². The third kappa shape index (κ3) is 4.40. The summed E-state index contributed by atoms with van der Waals surface area (Å²) in [4.78, 5) is 10.4. The second kappa shape index (κ2) is 6.85. The van der Waals surface area contributed by atoms with Crippen LogP contribution in [0, 0.1) is 17.0 Å². The molecule has 1 aromatic carbocycles. The number of benzene rings is 1. The third-order valence-corrected chi connectivity index (χ3v) is 2.27. The van der Waals surface area contributed by atoms with Crippen LogP contribution in [0.1, 0.15) is 18.9 Å². The van der Waals surface area contributed by atoms with Crippen molar-refractivity contribution in [2.75, 3.05) is 19.7 Å². The number of rotatable bonds is 7. The maximum absolute atomic E-state index is 10.8. The van der Waals surface area contributed by atoms with E-state index in [1.165, 1.54) is 6.07 Å². The van der Waals surface area contributed by atoms with Crippen LogP contribution in [0.25, 0.3) is 0 Å². The maximum atomic E-state index is 10.8. The van der Waals surface area contributed by atoms with Crippen molar-refractivity contribution in [3.8, 4) is 5.75 Å². The quantitative estimate of drug-likeness (QED) is 0.449. The zero-order valence-electron chi connectivity index (χ0n) is 10.2. The van der Waals surface area contributed by atoms with Gasteiger partial charge >= 0.3 is 5.69 Å². The third-order valence-electron chi connectivity index (χ3n) is 2.27. The molecule has 0 unspecified atom stereocenters. The van der Waals surface area contributed by atoms with E-state index in [1.54, 1.807) is 6.07 Å². The molecule has 0 aromatic heterocycles. The Bertz CT molecular complexity index is 380. The molecule has 0 bridgehead atoms. The molecule has 1 rings (SSSR count). The van der Waals surface area contributed by atoms with Gasteiger partial charge in [-0.3, -0.25) is 10.1 Å². The van der Waals surface area contributed by atoms with Crippen molar-refractivity contribution in [1.82, 2.24) is 5.32 Å². The summed E-state index contributed by atoms with van der Waals surface area (Å²) in [5, 5.41) is 14.0. The molecule has 0 aliphatic carbocycles. The SMILES string of the molecule is CCCNCCOc1ccc(C)cc1[N+](=O)[O-]. The zero-order valence-corrected chi connectivity index (χ0v) is 10.2. The Hall–Kier alpha value is -1.62. The summed E-state index contributed by atoms with van der Waals surface area (Å²) < 4.78 is 5.40. The maximum Gasteiger partial charge on any atom is 0.311 e. The first kappa shape index (κ1) is 13.4. The number of nitro benzene ring substituents is 1. The number of hydrogen-bond donors (Lipinski definition) is 1. The van der Waals surface area contributed by atoms with Crippen molar-refractivity contribution < 1.29 is 9.66 Å². The summed E-state index contributed by atoms with van der Waals surface area (Å²) in [5.74, 6) is 0.332. The van der Waals surface area contributed by atoms with E-state index in [-0.39, 0.29) is 5.69 Å². The van der Waals surface area contributed by atoms with Crippen molar-refractivity contribution in [2.24, 2.45) is 0 Å². The Morgan fingerprint density at radius 3 is 2.82 bits per heavy atom. The number of nitrogens with one attached hydrogen (secondary N) is 1. The minimum atomic E-state index is -0.415. The Labute approximate surface area is 101 Å². The van der Waals surface area contributed by atoms with Crippen molar-refractivity contribution >= 4 is 5.69 Å². The molecule has 5 heteroatoms. The van der Waals surface area contributed by atoms with Gasteiger partial charge in [0.2, 0.25) is 0 Å². The Morgan fingerprint density at radius 1 is 1.41 bits per heavy atom. The fourth-order valence-electron chi connectivity index (χ4n) is 1.43. The van der Waals surface area contributed by atoms with Gasteiger partial charge in [0, 0.05) is 12.6 Å². The zero-order chi connectivity index (χ0) is 12.7. The van der Waals surface area contributed by atoms with E-state index in [2.05, 4.69) is 12.2 Å². The van der Waals surface area contributed by atoms with Crippen molar-refractivity contribution in [3.63, 3.8) is 0 Å². The van der Waals surface area contributed by atoms with Gasteiger partial charge < -0.3 is 10.1 Å². The lowest BCUT2D eigenvalue weighted by atomic mass is 10.2. The van der Waals surface area contributed by atoms with Crippen molar-refractivity contribution in [1.29, 1.82) is 0 Å². The van der Waals surface area contributed by atoms with Gasteiger partial charge in [0.25, 0.3) is 0 Å². The molecule has 0 saturated carbocycles. The molecule has 0 saturated heterocycles. The normalized spacial score (nSPS) is 10.2. The molecule has 0 spiro atoms. The van der Waals surface area contributed by atoms with Gasteiger partial charge in [-0.2, -0.15) is 0 Å². The van der Waals surface area contributed by atoms with E-state index in [4.69, 9.17) is 4.74 Å². The Kier molecular flexibility index (Phi) is 5.42. The summed E-state index contributed by atoms with van der Waals surface area (Å²) in [6, 6.07) is 4.98. The lowest BCUT2D eigenvalue weighted by molar-refractivity contribution is -0.385. The summed E-state index contributed by atoms with van der Waals surface area (Å²) in [5.41, 5.74) is 0.883. The van der Waals surface area contributed by atoms with Gasteiger partial charge in [-0.05, 0) is 31.5 Å². The highest BCUT2D eigenvalue weighted by molar-refractivity contribution is 5.48. The van der Waals surface area contributed by atoms with Crippen LogP contribution in [-0.4, -0.2) is 24.6 Å². The first-order valence-electron chi connectivity index (χ1n) is 5.73. The monoisotopic (exact) mass is 238 g/mol. The highest BCUT2D eigenvalue weighted by Crippen LogP contribution is 2.27. The van der Waals surface area contributed by atoms with Crippen LogP contribution in [0.4, 0.5) is 5.69 Å². The Morgan fingerprint density at radius 2 is 2.18 bits per heavy atom. The Balaban J connectivity index is 2.55. The fraction of sp³-hybridized carbons (Fsp3) is 0.500. The number of nitrogens with zero attached hydrogens (tertiary/aromatic N) is 1. The van der Waals surface area contributed by atoms with Gasteiger partial charge in [-0.15, -0.1) is 0 Å². The molecule has 0 aliphatic heterocycles. The van der Waals surface area contributed by atoms with Gasteiger partial charge in [0.05, 0.1) is 4.92 Å². The number of hydrogen-bond acceptors (Lipinski definition) is 4. The molecule has 0 amide bonds. The first-order chi connectivity index (χ1) is 8.15. The molecule has 0 aliphatic rings. The molecule has 0 heterocycles. The molecule has 1 N–H and O–H groups in total. The van der Waals surface area contributed by atoms with Gasteiger partial charge in [0.1, 0.15) is 6.61 Å². The number of aryl methyl sites for hydroxylation is 1. The molecule has 0 fully saturated rings. The van der Waals surface area contributed by atoms with E-state index in [0.717, 1.165) is 18.5 Å². The summed E-state index contributed by atoms with van der Waals surface area (Å²) >= 11 is 0. The topological polar surface area (TPSA) is 64.4 Å². The van der Waals surface area contributed by atoms with E-state index >= 15 is 0 Å². The fourth-order valence-corrected chi connectivity index (χ4v) is 1.43. The highest BCUT2D eigenvalue weighted by Gasteiger charge is 2.14. The van der Waals surface area contributed by atoms with Gasteiger partial charge in [-0.1, -0.05) is 13.0 Å². The molecule has 0 radical (unpaired) electrons. The minimum absolute atomic E-state index is 0.0282. The van der Waals surface area contributed by atoms with Crippen LogP contribution in [-0.2, 0) is 0 Å². The number of nitro groups is 1. The van der Waals surface area contributed by atoms with Crippen LogP contribution >= 0.6 is 0 Å². The van der Waals surface area contributed by atoms with E-state index in [1.807, 2.05) is 13.0 Å². The summed E-state index contributed by atoms with van der Waals surface area (Å²) in [6.45, 7) is 5.96. The lowest BCUT2D eigenvalue weighted by Crippen LogP contribution is -2.21. The highest BCUT2D eigenvalue weighted by atomic mass is 16.6. The van der Waals surface area contributed by atoms with Crippen LogP contribution in [0.5, 0.6) is 5.75 Å². The average molecular weight is 238 g/mol. The molecule has 5 nitrogen and oxygen atoms in total. The molecule has 94 valence electrons. The van der Waals surface area contributed by atoms with Crippen LogP contribution in [0.15, 0.2) is 18.2 Å². The van der Waals surface area contributed by atoms with Crippen LogP contribution in [0.3, 0.4) is 0 Å². The molecular formula is C12H18N2O3. The summed E-state index contributed by atoms with van der Waals surface area (Å²) in [6.07, 6.45) is 1.06. The second-order valence-electron chi connectivity index (χ2n) is 3.83. The average Bonchev–Trinajstić information content (AvgIpc) is 2.30. The standard InChI is InChI=1S/C12H18N2O3/c1-3-6-13-7-8-17-12-5-4-10(2)9-11(12)14(15)16/h4-5,9,13H,3,6-8H2,1-2H3. The number of ether oxygens (including phenoxy) is 1. The largest absolute Gasteiger partial charge is 0.485 e. The molecule has 0 atom stereocenters. The van der Waals surface area contributed by atoms with Crippen LogP contribution < -0.4 is 10.1 Å². The second-order valence-corrected chi connectivity index (χ2v) is 3.83. The van der Waals surface area contributed by atoms with Gasteiger partial charge in [-0.25, -0.2) is 0 Å². The first-order valence-corrected chi connectivity index (χ1v) is 5.73. The van der Waals surface area contributed by atoms with Crippen LogP contribution in [0.2, 0.25) is 0 Å². The minimum Gasteiger partial charge on any atom is -0.485 e. The predicted octanol–water partition coefficient (Wildman–Crippen LogP) is 2.28. The van der Waals surface area contributed by atoms with Crippen molar-refractivity contribution in [2.45, 2.75) is 20.3 Å². The molecule has 17 heavy (non-hydrogen) atoms. The van der Waals surface area contributed by atoms with E-state index in [0.29, 0.717) is 18.9 Å². The lowest BCUT2D eigenvalue weighted by Gasteiger charge is -2.07. The molecule has 1 aromatic rings. The van der Waals surface area contributed by atoms with Crippen molar-refractivity contribution in [3.05, 3.63) is 33.9 Å². The molecular weight excluding hydrogens is 220 g/mol.